The minimum Gasteiger partial charge on any atom is -0.459 e. The molecule has 0 bridgehead atoms. The Bertz CT molecular complexity index is 457. The van der Waals surface area contributed by atoms with E-state index >= 15 is 0 Å². The van der Waals surface area contributed by atoms with E-state index < -0.39 is 16.1 Å². The first-order chi connectivity index (χ1) is 10.1. The van der Waals surface area contributed by atoms with E-state index in [0.29, 0.717) is 12.8 Å². The van der Waals surface area contributed by atoms with Gasteiger partial charge in [0.05, 0.1) is 31.4 Å². The lowest BCUT2D eigenvalue weighted by molar-refractivity contribution is -0.946. The monoisotopic (exact) mass is 336 g/mol. The summed E-state index contributed by atoms with van der Waals surface area (Å²) in [6.07, 6.45) is 2.03. The van der Waals surface area contributed by atoms with Crippen LogP contribution in [0.1, 0.15) is 40.5 Å². The predicted molar refractivity (Wildman–Crippen MR) is 87.1 cm³/mol. The second kappa shape index (κ2) is 9.27. The fraction of sp³-hybridized carbons (Fsp3) is 0.800. The number of rotatable bonds is 11. The minimum atomic E-state index is -3.94. The van der Waals surface area contributed by atoms with Gasteiger partial charge in [-0.1, -0.05) is 6.58 Å². The van der Waals surface area contributed by atoms with Gasteiger partial charge in [0.1, 0.15) is 6.10 Å². The summed E-state index contributed by atoms with van der Waals surface area (Å²) in [5.74, 6) is -0.659. The molecule has 1 N–H and O–H groups in total. The summed E-state index contributed by atoms with van der Waals surface area (Å²) in [6.45, 7) is 13.8. The van der Waals surface area contributed by atoms with Gasteiger partial charge >= 0.3 is 5.97 Å². The van der Waals surface area contributed by atoms with Crippen LogP contribution in [0.4, 0.5) is 0 Å². The lowest BCUT2D eigenvalue weighted by atomic mass is 10.1. The third kappa shape index (κ3) is 7.38. The van der Waals surface area contributed by atoms with Gasteiger partial charge in [0, 0.05) is 18.9 Å². The van der Waals surface area contributed by atoms with E-state index in [-0.39, 0.29) is 17.9 Å². The Kier molecular flexibility index (Phi) is 8.88. The number of hydrogen-bond donors (Lipinski definition) is 1. The van der Waals surface area contributed by atoms with Crippen LogP contribution in [0.15, 0.2) is 12.7 Å². The molecule has 7 heteroatoms. The Morgan fingerprint density at radius 3 is 2.23 bits per heavy atom. The van der Waals surface area contributed by atoms with E-state index in [0.717, 1.165) is 30.2 Å². The van der Waals surface area contributed by atoms with Crippen molar-refractivity contribution in [1.82, 2.24) is 0 Å². The van der Waals surface area contributed by atoms with E-state index in [4.69, 9.17) is 9.29 Å². The molecule has 0 heterocycles. The van der Waals surface area contributed by atoms with Gasteiger partial charge in [-0.25, -0.2) is 4.79 Å². The Balaban J connectivity index is 4.72. The van der Waals surface area contributed by atoms with Crippen molar-refractivity contribution < 1.29 is 27.0 Å². The van der Waals surface area contributed by atoms with E-state index in [9.17, 15) is 13.2 Å². The fourth-order valence-corrected chi connectivity index (χ4v) is 3.36. The van der Waals surface area contributed by atoms with Crippen molar-refractivity contribution in [3.63, 3.8) is 0 Å². The zero-order chi connectivity index (χ0) is 17.4. The molecule has 22 heavy (non-hydrogen) atoms. The van der Waals surface area contributed by atoms with Crippen molar-refractivity contribution in [2.24, 2.45) is 0 Å². The highest BCUT2D eigenvalue weighted by atomic mass is 32.2. The number of nitrogens with zero attached hydrogens (tertiary/aromatic N) is 1. The van der Waals surface area contributed by atoms with Gasteiger partial charge in [-0.15, -0.1) is 0 Å². The fourth-order valence-electron chi connectivity index (χ4n) is 2.72. The first-order valence-electron chi connectivity index (χ1n) is 7.74. The number of esters is 1. The second-order valence-electron chi connectivity index (χ2n) is 5.74. The average Bonchev–Trinajstić information content (AvgIpc) is 2.45. The number of quaternary nitrogens is 1. The summed E-state index contributed by atoms with van der Waals surface area (Å²) in [5.41, 5.74) is 0. The Morgan fingerprint density at radius 1 is 1.27 bits per heavy atom. The highest BCUT2D eigenvalue weighted by Crippen LogP contribution is 2.19. The van der Waals surface area contributed by atoms with Crippen LogP contribution < -0.4 is 0 Å². The van der Waals surface area contributed by atoms with Gasteiger partial charge < -0.3 is 9.22 Å². The molecule has 2 atom stereocenters. The van der Waals surface area contributed by atoms with E-state index in [1.165, 1.54) is 0 Å². The molecule has 0 radical (unpaired) electrons. The Morgan fingerprint density at radius 2 is 1.82 bits per heavy atom. The molecule has 0 aromatic carbocycles. The lowest BCUT2D eigenvalue weighted by Crippen LogP contribution is -2.55. The minimum absolute atomic E-state index is 0.0965. The number of carbonyl (C=O) groups is 1. The topological polar surface area (TPSA) is 80.7 Å². The van der Waals surface area contributed by atoms with Crippen molar-refractivity contribution in [3.05, 3.63) is 12.7 Å². The van der Waals surface area contributed by atoms with E-state index in [1.54, 1.807) is 0 Å². The molecule has 0 amide bonds. The Labute approximate surface area is 134 Å². The summed E-state index contributed by atoms with van der Waals surface area (Å²) in [7, 11) is -3.94. The maximum atomic E-state index is 11.2. The highest BCUT2D eigenvalue weighted by molar-refractivity contribution is 7.85. The van der Waals surface area contributed by atoms with Gasteiger partial charge in [0.2, 0.25) is 0 Å². The molecule has 0 rings (SSSR count). The third-order valence-electron chi connectivity index (χ3n) is 4.45. The van der Waals surface area contributed by atoms with Crippen molar-refractivity contribution in [3.8, 4) is 0 Å². The molecule has 2 unspecified atom stereocenters. The SMILES string of the molecule is C=CC(=O)OC(C)CC[N+](CC)(CC)C(C)CCS(=O)(=O)O. The van der Waals surface area contributed by atoms with Crippen LogP contribution in [-0.4, -0.2) is 61.0 Å². The van der Waals surface area contributed by atoms with Gasteiger partial charge in [0.15, 0.2) is 0 Å². The average molecular weight is 336 g/mol. The number of ether oxygens (including phenoxy) is 1. The largest absolute Gasteiger partial charge is 0.459 e. The molecule has 0 aliphatic heterocycles. The summed E-state index contributed by atoms with van der Waals surface area (Å²) < 4.78 is 36.7. The maximum Gasteiger partial charge on any atom is 0.330 e. The summed E-state index contributed by atoms with van der Waals surface area (Å²) in [4.78, 5) is 11.2. The molecule has 0 aromatic rings. The van der Waals surface area contributed by atoms with Crippen LogP contribution in [0.2, 0.25) is 0 Å². The van der Waals surface area contributed by atoms with E-state index in [2.05, 4.69) is 20.4 Å². The van der Waals surface area contributed by atoms with Crippen LogP contribution >= 0.6 is 0 Å². The van der Waals surface area contributed by atoms with Crippen LogP contribution in [0.25, 0.3) is 0 Å². The first-order valence-corrected chi connectivity index (χ1v) is 9.35. The van der Waals surface area contributed by atoms with Crippen molar-refractivity contribution in [1.29, 1.82) is 0 Å². The molecule has 6 nitrogen and oxygen atoms in total. The number of carbonyl (C=O) groups excluding carboxylic acids is 1. The van der Waals surface area contributed by atoms with Gasteiger partial charge in [-0.2, -0.15) is 8.42 Å². The van der Waals surface area contributed by atoms with Crippen molar-refractivity contribution in [2.75, 3.05) is 25.4 Å². The lowest BCUT2D eigenvalue weighted by Gasteiger charge is -2.43. The molecular formula is C15H30NO5S+. The number of hydrogen-bond acceptors (Lipinski definition) is 4. The summed E-state index contributed by atoms with van der Waals surface area (Å²) >= 11 is 0. The molecular weight excluding hydrogens is 306 g/mol. The van der Waals surface area contributed by atoms with E-state index in [1.807, 2.05) is 13.8 Å². The summed E-state index contributed by atoms with van der Waals surface area (Å²) in [5, 5.41) is 0. The third-order valence-corrected chi connectivity index (χ3v) is 5.20. The van der Waals surface area contributed by atoms with Crippen molar-refractivity contribution >= 4 is 16.1 Å². The van der Waals surface area contributed by atoms with Crippen LogP contribution in [-0.2, 0) is 19.6 Å². The zero-order valence-corrected chi connectivity index (χ0v) is 14.9. The Hall–Kier alpha value is -0.920. The first kappa shape index (κ1) is 21.1. The normalized spacial score (nSPS) is 15.1. The maximum absolute atomic E-state index is 11.2. The second-order valence-corrected chi connectivity index (χ2v) is 7.31. The molecule has 0 aliphatic carbocycles. The standard InChI is InChI=1S/C15H29NO5S/c1-6-15(17)21-14(5)9-11-16(7-2,8-3)13(4)10-12-22(18,19)20/h6,13-14H,1,7-12H2,2-5H3/p+1. The molecule has 0 aliphatic rings. The highest BCUT2D eigenvalue weighted by Gasteiger charge is 2.31. The molecule has 0 aromatic heterocycles. The molecule has 0 spiro atoms. The molecule has 0 saturated carbocycles. The van der Waals surface area contributed by atoms with Crippen LogP contribution in [0.5, 0.6) is 0 Å². The predicted octanol–water partition coefficient (Wildman–Crippen LogP) is 2.02. The van der Waals surface area contributed by atoms with Crippen molar-refractivity contribution in [2.45, 2.75) is 52.7 Å². The van der Waals surface area contributed by atoms with Gasteiger partial charge in [0.25, 0.3) is 10.1 Å². The molecule has 0 saturated heterocycles. The van der Waals surface area contributed by atoms with Gasteiger partial charge in [-0.3, -0.25) is 4.55 Å². The van der Waals surface area contributed by atoms with Gasteiger partial charge in [-0.05, 0) is 27.7 Å². The zero-order valence-electron chi connectivity index (χ0n) is 14.1. The molecule has 0 fully saturated rings. The summed E-state index contributed by atoms with van der Waals surface area (Å²) in [6, 6.07) is 0.0965. The van der Waals surface area contributed by atoms with Crippen LogP contribution in [0.3, 0.4) is 0 Å². The smallest absolute Gasteiger partial charge is 0.330 e. The molecule has 130 valence electrons. The van der Waals surface area contributed by atoms with Crippen LogP contribution in [0, 0.1) is 0 Å². The quantitative estimate of drug-likeness (QED) is 0.270.